The highest BCUT2D eigenvalue weighted by Gasteiger charge is 2.31. The van der Waals surface area contributed by atoms with E-state index in [0.717, 1.165) is 18.9 Å². The topological polar surface area (TPSA) is 61.4 Å². The molecule has 2 fully saturated rings. The molecule has 5 nitrogen and oxygen atoms in total. The maximum atomic E-state index is 12.4. The zero-order valence-electron chi connectivity index (χ0n) is 12.5. The molecule has 2 aliphatic rings. The van der Waals surface area contributed by atoms with Crippen LogP contribution in [0.1, 0.15) is 45.4 Å². The summed E-state index contributed by atoms with van der Waals surface area (Å²) in [7, 11) is 0. The lowest BCUT2D eigenvalue weighted by Gasteiger charge is -2.35. The van der Waals surface area contributed by atoms with E-state index in [-0.39, 0.29) is 17.9 Å². The Morgan fingerprint density at radius 2 is 2.05 bits per heavy atom. The van der Waals surface area contributed by atoms with Crippen molar-refractivity contribution in [2.75, 3.05) is 26.2 Å². The molecule has 2 rings (SSSR count). The molecule has 0 aromatic rings. The number of carbonyl (C=O) groups excluding carboxylic acids is 2. The lowest BCUT2D eigenvalue weighted by atomic mass is 10.0. The summed E-state index contributed by atoms with van der Waals surface area (Å²) in [6, 6.07) is -0.334. The van der Waals surface area contributed by atoms with E-state index in [1.54, 1.807) is 4.90 Å². The second kappa shape index (κ2) is 7.62. The molecule has 1 atom stereocenters. The summed E-state index contributed by atoms with van der Waals surface area (Å²) in [6.07, 6.45) is 6.76. The molecule has 0 bridgehead atoms. The largest absolute Gasteiger partial charge is 0.355 e. The van der Waals surface area contributed by atoms with Gasteiger partial charge in [0.15, 0.2) is 0 Å². The number of nitrogens with one attached hydrogen (secondary N) is 2. The van der Waals surface area contributed by atoms with Gasteiger partial charge in [-0.25, -0.2) is 0 Å². The van der Waals surface area contributed by atoms with E-state index >= 15 is 0 Å². The zero-order chi connectivity index (χ0) is 14.4. The van der Waals surface area contributed by atoms with Crippen molar-refractivity contribution in [2.45, 2.75) is 51.5 Å². The molecule has 1 aliphatic carbocycles. The Morgan fingerprint density at radius 3 is 2.75 bits per heavy atom. The van der Waals surface area contributed by atoms with Gasteiger partial charge in [-0.15, -0.1) is 0 Å². The van der Waals surface area contributed by atoms with Gasteiger partial charge in [0, 0.05) is 32.6 Å². The van der Waals surface area contributed by atoms with Gasteiger partial charge < -0.3 is 15.5 Å². The van der Waals surface area contributed by atoms with Gasteiger partial charge >= 0.3 is 0 Å². The van der Waals surface area contributed by atoms with Gasteiger partial charge in [0.2, 0.25) is 11.8 Å². The Balaban J connectivity index is 1.85. The number of piperazine rings is 1. The normalized spacial score (nSPS) is 23.9. The molecule has 2 N–H and O–H groups in total. The summed E-state index contributed by atoms with van der Waals surface area (Å²) >= 11 is 0. The SMILES string of the molecule is CCNC(=O)C1CNCCN1C(=O)CCC1CCCC1. The molecule has 0 aromatic heterocycles. The second-order valence-corrected chi connectivity index (χ2v) is 5.89. The van der Waals surface area contributed by atoms with E-state index < -0.39 is 0 Å². The summed E-state index contributed by atoms with van der Waals surface area (Å²) in [5.41, 5.74) is 0. The fourth-order valence-corrected chi connectivity index (χ4v) is 3.30. The van der Waals surface area contributed by atoms with Crippen LogP contribution in [0.2, 0.25) is 0 Å². The maximum absolute atomic E-state index is 12.4. The Hall–Kier alpha value is -1.10. The molecule has 1 aliphatic heterocycles. The first kappa shape index (κ1) is 15.3. The van der Waals surface area contributed by atoms with Crippen LogP contribution >= 0.6 is 0 Å². The Morgan fingerprint density at radius 1 is 1.30 bits per heavy atom. The third-order valence-electron chi connectivity index (χ3n) is 4.46. The lowest BCUT2D eigenvalue weighted by molar-refractivity contribution is -0.141. The Labute approximate surface area is 121 Å². The summed E-state index contributed by atoms with van der Waals surface area (Å²) in [6.45, 7) is 4.51. The minimum atomic E-state index is -0.334. The van der Waals surface area contributed by atoms with Gasteiger partial charge in [-0.2, -0.15) is 0 Å². The van der Waals surface area contributed by atoms with Crippen molar-refractivity contribution in [3.63, 3.8) is 0 Å². The first-order chi connectivity index (χ1) is 9.72. The van der Waals surface area contributed by atoms with Crippen LogP contribution in [0.4, 0.5) is 0 Å². The van der Waals surface area contributed by atoms with Crippen LogP contribution in [-0.2, 0) is 9.59 Å². The van der Waals surface area contributed by atoms with Gasteiger partial charge in [0.25, 0.3) is 0 Å². The predicted octanol–water partition coefficient (Wildman–Crippen LogP) is 0.893. The number of amides is 2. The first-order valence-electron chi connectivity index (χ1n) is 8.00. The number of carbonyl (C=O) groups is 2. The van der Waals surface area contributed by atoms with E-state index in [1.165, 1.54) is 25.7 Å². The van der Waals surface area contributed by atoms with Crippen LogP contribution < -0.4 is 10.6 Å². The molecule has 20 heavy (non-hydrogen) atoms. The Bertz CT molecular complexity index is 340. The lowest BCUT2D eigenvalue weighted by Crippen LogP contribution is -2.59. The van der Waals surface area contributed by atoms with Crippen LogP contribution in [0, 0.1) is 5.92 Å². The van der Waals surface area contributed by atoms with Gasteiger partial charge in [0.1, 0.15) is 6.04 Å². The van der Waals surface area contributed by atoms with Crippen molar-refractivity contribution >= 4 is 11.8 Å². The van der Waals surface area contributed by atoms with E-state index in [9.17, 15) is 9.59 Å². The van der Waals surface area contributed by atoms with Crippen molar-refractivity contribution in [1.82, 2.24) is 15.5 Å². The molecule has 1 heterocycles. The van der Waals surface area contributed by atoms with E-state index in [2.05, 4.69) is 10.6 Å². The summed E-state index contributed by atoms with van der Waals surface area (Å²) in [4.78, 5) is 26.2. The number of likely N-dealkylation sites (N-methyl/N-ethyl adjacent to an activating group) is 1. The highest BCUT2D eigenvalue weighted by molar-refractivity contribution is 5.88. The van der Waals surface area contributed by atoms with Gasteiger partial charge in [-0.1, -0.05) is 25.7 Å². The molecule has 1 unspecified atom stereocenters. The van der Waals surface area contributed by atoms with Gasteiger partial charge in [-0.3, -0.25) is 9.59 Å². The highest BCUT2D eigenvalue weighted by Crippen LogP contribution is 2.28. The molecule has 1 saturated heterocycles. The maximum Gasteiger partial charge on any atom is 0.244 e. The average Bonchev–Trinajstić information content (AvgIpc) is 2.98. The minimum Gasteiger partial charge on any atom is -0.355 e. The van der Waals surface area contributed by atoms with Crippen LogP contribution in [-0.4, -0.2) is 48.9 Å². The molecule has 0 radical (unpaired) electrons. The highest BCUT2D eigenvalue weighted by atomic mass is 16.2. The van der Waals surface area contributed by atoms with Gasteiger partial charge in [0.05, 0.1) is 0 Å². The van der Waals surface area contributed by atoms with Crippen molar-refractivity contribution < 1.29 is 9.59 Å². The molecular formula is C15H27N3O2. The van der Waals surface area contributed by atoms with Crippen molar-refractivity contribution in [3.05, 3.63) is 0 Å². The molecule has 2 amide bonds. The number of hydrogen-bond donors (Lipinski definition) is 2. The molecule has 0 spiro atoms. The van der Waals surface area contributed by atoms with Crippen LogP contribution in [0.3, 0.4) is 0 Å². The third-order valence-corrected chi connectivity index (χ3v) is 4.46. The molecule has 1 saturated carbocycles. The number of rotatable bonds is 5. The summed E-state index contributed by atoms with van der Waals surface area (Å²) in [5, 5.41) is 6.03. The summed E-state index contributed by atoms with van der Waals surface area (Å²) < 4.78 is 0. The molecular weight excluding hydrogens is 254 g/mol. The van der Waals surface area contributed by atoms with Gasteiger partial charge in [-0.05, 0) is 19.3 Å². The fraction of sp³-hybridized carbons (Fsp3) is 0.867. The quantitative estimate of drug-likeness (QED) is 0.787. The predicted molar refractivity (Wildman–Crippen MR) is 78.2 cm³/mol. The minimum absolute atomic E-state index is 0.0334. The van der Waals surface area contributed by atoms with E-state index in [1.807, 2.05) is 6.92 Å². The third kappa shape index (κ3) is 3.95. The van der Waals surface area contributed by atoms with E-state index in [4.69, 9.17) is 0 Å². The molecule has 0 aromatic carbocycles. The van der Waals surface area contributed by atoms with Crippen LogP contribution in [0.5, 0.6) is 0 Å². The Kier molecular flexibility index (Phi) is 5.83. The van der Waals surface area contributed by atoms with Crippen molar-refractivity contribution in [3.8, 4) is 0 Å². The van der Waals surface area contributed by atoms with Crippen molar-refractivity contribution in [2.24, 2.45) is 5.92 Å². The standard InChI is InChI=1S/C15H27N3O2/c1-2-17-15(20)13-11-16-9-10-18(13)14(19)8-7-12-5-3-4-6-12/h12-13,16H,2-11H2,1H3,(H,17,20). The van der Waals surface area contributed by atoms with Crippen molar-refractivity contribution in [1.29, 1.82) is 0 Å². The summed E-state index contributed by atoms with van der Waals surface area (Å²) in [5.74, 6) is 0.841. The second-order valence-electron chi connectivity index (χ2n) is 5.89. The molecule has 114 valence electrons. The fourth-order valence-electron chi connectivity index (χ4n) is 3.30. The number of nitrogens with zero attached hydrogens (tertiary/aromatic N) is 1. The zero-order valence-corrected chi connectivity index (χ0v) is 12.5. The van der Waals surface area contributed by atoms with Crippen LogP contribution in [0.15, 0.2) is 0 Å². The molecule has 5 heteroatoms. The number of hydrogen-bond acceptors (Lipinski definition) is 3. The average molecular weight is 281 g/mol. The van der Waals surface area contributed by atoms with Crippen LogP contribution in [0.25, 0.3) is 0 Å². The van der Waals surface area contributed by atoms with E-state index in [0.29, 0.717) is 26.1 Å². The monoisotopic (exact) mass is 281 g/mol. The first-order valence-corrected chi connectivity index (χ1v) is 8.00. The smallest absolute Gasteiger partial charge is 0.244 e.